The number of aryl methyl sites for hydroxylation is 3. The van der Waals surface area contributed by atoms with E-state index in [1.807, 2.05) is 0 Å². The molecule has 0 spiro atoms. The molecule has 20 heavy (non-hydrogen) atoms. The number of benzene rings is 1. The van der Waals surface area contributed by atoms with Gasteiger partial charge in [0.15, 0.2) is 0 Å². The van der Waals surface area contributed by atoms with Crippen LogP contribution in [-0.4, -0.2) is 6.54 Å². The standard InChI is InChI=1S/C17H22BrNS/c1-5-6-19-17(14-9-16(18)20-10-14)15-8-12(3)11(2)7-13(15)4/h7-10,17,19H,5-6H2,1-4H3. The van der Waals surface area contributed by atoms with Crippen LogP contribution in [0.2, 0.25) is 0 Å². The third-order valence-electron chi connectivity index (χ3n) is 3.71. The van der Waals surface area contributed by atoms with Crippen LogP contribution in [0.1, 0.15) is 47.2 Å². The van der Waals surface area contributed by atoms with Crippen molar-refractivity contribution < 1.29 is 0 Å². The van der Waals surface area contributed by atoms with Gasteiger partial charge in [-0.15, -0.1) is 11.3 Å². The molecule has 0 aliphatic carbocycles. The van der Waals surface area contributed by atoms with E-state index in [4.69, 9.17) is 0 Å². The topological polar surface area (TPSA) is 12.0 Å². The van der Waals surface area contributed by atoms with Crippen molar-refractivity contribution in [2.24, 2.45) is 0 Å². The zero-order chi connectivity index (χ0) is 14.7. The number of hydrogen-bond donors (Lipinski definition) is 1. The Morgan fingerprint density at radius 2 is 1.80 bits per heavy atom. The van der Waals surface area contributed by atoms with Gasteiger partial charge in [-0.25, -0.2) is 0 Å². The predicted molar refractivity (Wildman–Crippen MR) is 92.8 cm³/mol. The van der Waals surface area contributed by atoms with Gasteiger partial charge in [0.05, 0.1) is 9.83 Å². The van der Waals surface area contributed by atoms with Gasteiger partial charge in [-0.3, -0.25) is 0 Å². The summed E-state index contributed by atoms with van der Waals surface area (Å²) in [7, 11) is 0. The number of hydrogen-bond acceptors (Lipinski definition) is 2. The fourth-order valence-corrected chi connectivity index (χ4v) is 3.67. The number of nitrogens with one attached hydrogen (secondary N) is 1. The lowest BCUT2D eigenvalue weighted by atomic mass is 9.93. The van der Waals surface area contributed by atoms with Crippen LogP contribution in [0.3, 0.4) is 0 Å². The number of thiophene rings is 1. The summed E-state index contributed by atoms with van der Waals surface area (Å²) in [6.45, 7) is 9.83. The van der Waals surface area contributed by atoms with Crippen molar-refractivity contribution in [3.63, 3.8) is 0 Å². The van der Waals surface area contributed by atoms with E-state index in [-0.39, 0.29) is 6.04 Å². The molecule has 0 aliphatic heterocycles. The first-order valence-corrected chi connectivity index (χ1v) is 8.75. The summed E-state index contributed by atoms with van der Waals surface area (Å²) in [4.78, 5) is 0. The predicted octanol–water partition coefficient (Wildman–Crippen LogP) is 5.52. The summed E-state index contributed by atoms with van der Waals surface area (Å²) in [5.41, 5.74) is 6.84. The van der Waals surface area contributed by atoms with Crippen LogP contribution >= 0.6 is 27.3 Å². The van der Waals surface area contributed by atoms with E-state index < -0.39 is 0 Å². The Kier molecular flexibility index (Phi) is 5.42. The second-order valence-corrected chi connectivity index (χ2v) is 7.65. The fourth-order valence-electron chi connectivity index (χ4n) is 2.46. The zero-order valence-corrected chi connectivity index (χ0v) is 15.0. The largest absolute Gasteiger partial charge is 0.306 e. The Hall–Kier alpha value is -0.640. The fraction of sp³-hybridized carbons (Fsp3) is 0.412. The molecule has 1 aromatic heterocycles. The lowest BCUT2D eigenvalue weighted by Crippen LogP contribution is -2.23. The maximum Gasteiger partial charge on any atom is 0.0701 e. The highest BCUT2D eigenvalue weighted by atomic mass is 79.9. The molecule has 1 heterocycles. The van der Waals surface area contributed by atoms with E-state index >= 15 is 0 Å². The normalized spacial score (nSPS) is 12.7. The van der Waals surface area contributed by atoms with Gasteiger partial charge < -0.3 is 5.32 Å². The van der Waals surface area contributed by atoms with Crippen molar-refractivity contribution in [2.45, 2.75) is 40.2 Å². The van der Waals surface area contributed by atoms with Gasteiger partial charge in [0.2, 0.25) is 0 Å². The van der Waals surface area contributed by atoms with Crippen LogP contribution < -0.4 is 5.32 Å². The molecule has 1 unspecified atom stereocenters. The molecule has 108 valence electrons. The minimum atomic E-state index is 0.289. The van der Waals surface area contributed by atoms with Crippen molar-refractivity contribution in [3.05, 3.63) is 55.2 Å². The van der Waals surface area contributed by atoms with Crippen molar-refractivity contribution in [3.8, 4) is 0 Å². The molecule has 0 bridgehead atoms. The Balaban J connectivity index is 2.43. The van der Waals surface area contributed by atoms with E-state index in [0.29, 0.717) is 0 Å². The lowest BCUT2D eigenvalue weighted by Gasteiger charge is -2.21. The summed E-state index contributed by atoms with van der Waals surface area (Å²) in [6.07, 6.45) is 1.14. The average Bonchev–Trinajstić information content (AvgIpc) is 2.82. The summed E-state index contributed by atoms with van der Waals surface area (Å²) in [5, 5.41) is 5.93. The number of rotatable bonds is 5. The third-order valence-corrected chi connectivity index (χ3v) is 5.24. The van der Waals surface area contributed by atoms with Crippen LogP contribution in [-0.2, 0) is 0 Å². The smallest absolute Gasteiger partial charge is 0.0701 e. The van der Waals surface area contributed by atoms with Gasteiger partial charge in [-0.05, 0) is 88.9 Å². The maximum atomic E-state index is 3.69. The van der Waals surface area contributed by atoms with Crippen LogP contribution in [0.5, 0.6) is 0 Å². The molecular formula is C17H22BrNS. The van der Waals surface area contributed by atoms with Gasteiger partial charge in [-0.2, -0.15) is 0 Å². The summed E-state index contributed by atoms with van der Waals surface area (Å²) in [5.74, 6) is 0. The van der Waals surface area contributed by atoms with Gasteiger partial charge >= 0.3 is 0 Å². The first-order valence-electron chi connectivity index (χ1n) is 7.08. The van der Waals surface area contributed by atoms with E-state index in [2.05, 4.69) is 72.5 Å². The van der Waals surface area contributed by atoms with Crippen LogP contribution in [0.25, 0.3) is 0 Å². The Morgan fingerprint density at radius 1 is 1.10 bits per heavy atom. The molecule has 1 nitrogen and oxygen atoms in total. The van der Waals surface area contributed by atoms with Gasteiger partial charge in [0.25, 0.3) is 0 Å². The second-order valence-electron chi connectivity index (χ2n) is 5.36. The zero-order valence-electron chi connectivity index (χ0n) is 12.6. The minimum Gasteiger partial charge on any atom is -0.306 e. The van der Waals surface area contributed by atoms with Crippen LogP contribution in [0.15, 0.2) is 27.4 Å². The van der Waals surface area contributed by atoms with E-state index in [0.717, 1.165) is 13.0 Å². The Morgan fingerprint density at radius 3 is 2.40 bits per heavy atom. The lowest BCUT2D eigenvalue weighted by molar-refractivity contribution is 0.597. The molecule has 2 rings (SSSR count). The van der Waals surface area contributed by atoms with E-state index in [1.54, 1.807) is 11.3 Å². The average molecular weight is 352 g/mol. The minimum absolute atomic E-state index is 0.289. The summed E-state index contributed by atoms with van der Waals surface area (Å²) >= 11 is 5.33. The SMILES string of the molecule is CCCNC(c1csc(Br)c1)c1cc(C)c(C)cc1C. The molecule has 0 saturated carbocycles. The van der Waals surface area contributed by atoms with Gasteiger partial charge in [-0.1, -0.05) is 19.1 Å². The Labute approximate surface area is 134 Å². The first kappa shape index (κ1) is 15.7. The molecule has 0 radical (unpaired) electrons. The van der Waals surface area contributed by atoms with Gasteiger partial charge in [0.1, 0.15) is 0 Å². The number of halogens is 1. The quantitative estimate of drug-likeness (QED) is 0.747. The molecule has 3 heteroatoms. The van der Waals surface area contributed by atoms with Crippen molar-refractivity contribution in [1.29, 1.82) is 0 Å². The highest BCUT2D eigenvalue weighted by molar-refractivity contribution is 9.11. The molecular weight excluding hydrogens is 330 g/mol. The van der Waals surface area contributed by atoms with Gasteiger partial charge in [0, 0.05) is 0 Å². The molecule has 2 aromatic rings. The van der Waals surface area contributed by atoms with Crippen LogP contribution in [0, 0.1) is 20.8 Å². The van der Waals surface area contributed by atoms with E-state index in [9.17, 15) is 0 Å². The highest BCUT2D eigenvalue weighted by Crippen LogP contribution is 2.32. The molecule has 0 aliphatic rings. The highest BCUT2D eigenvalue weighted by Gasteiger charge is 2.17. The second kappa shape index (κ2) is 6.88. The molecule has 1 aromatic carbocycles. The molecule has 0 fully saturated rings. The Bertz CT molecular complexity index is 589. The summed E-state index contributed by atoms with van der Waals surface area (Å²) in [6, 6.07) is 7.15. The third kappa shape index (κ3) is 3.51. The van der Waals surface area contributed by atoms with Crippen molar-refractivity contribution in [2.75, 3.05) is 6.54 Å². The van der Waals surface area contributed by atoms with Crippen molar-refractivity contribution in [1.82, 2.24) is 5.32 Å². The van der Waals surface area contributed by atoms with E-state index in [1.165, 1.54) is 31.6 Å². The molecule has 1 atom stereocenters. The van der Waals surface area contributed by atoms with Crippen LogP contribution in [0.4, 0.5) is 0 Å². The monoisotopic (exact) mass is 351 g/mol. The first-order chi connectivity index (χ1) is 9.52. The molecule has 0 saturated heterocycles. The molecule has 0 amide bonds. The van der Waals surface area contributed by atoms with Crippen molar-refractivity contribution >= 4 is 27.3 Å². The summed E-state index contributed by atoms with van der Waals surface area (Å²) < 4.78 is 1.19. The maximum absolute atomic E-state index is 3.69. The molecule has 1 N–H and O–H groups in total.